The Labute approximate surface area is 104 Å². The van der Waals surface area contributed by atoms with Crippen LogP contribution in [0.25, 0.3) is 5.70 Å². The average Bonchev–Trinajstić information content (AvgIpc) is 2.35. The van der Waals surface area contributed by atoms with Gasteiger partial charge in [-0.3, -0.25) is 9.98 Å². The lowest BCUT2D eigenvalue weighted by molar-refractivity contribution is 0.410. The highest BCUT2D eigenvalue weighted by molar-refractivity contribution is 6.68. The summed E-state index contributed by atoms with van der Waals surface area (Å²) in [4.78, 5) is 7.61. The summed E-state index contributed by atoms with van der Waals surface area (Å²) >= 11 is 5.79. The topological polar surface area (TPSA) is 34.0 Å². The monoisotopic (exact) mass is 254 g/mol. The predicted molar refractivity (Wildman–Crippen MR) is 69.7 cm³/mol. The molecule has 0 fully saturated rings. The molecule has 0 unspecified atom stereocenters. The third-order valence-corrected chi connectivity index (χ3v) is 2.36. The first-order valence-electron chi connectivity index (χ1n) is 4.77. The Balaban J connectivity index is 3.30. The molecule has 0 aliphatic rings. The number of hydrogen-bond donors (Lipinski definition) is 0. The van der Waals surface area contributed by atoms with Gasteiger partial charge >= 0.3 is 0 Å². The minimum Gasteiger partial charge on any atom is -0.496 e. The van der Waals surface area contributed by atoms with Gasteiger partial charge in [-0.1, -0.05) is 11.6 Å². The maximum absolute atomic E-state index is 13.0. The third kappa shape index (κ3) is 3.39. The number of methoxy groups -OCH3 is 1. The van der Waals surface area contributed by atoms with Crippen molar-refractivity contribution in [1.29, 1.82) is 0 Å². The number of ether oxygens (including phenoxy) is 1. The van der Waals surface area contributed by atoms with Gasteiger partial charge < -0.3 is 4.74 Å². The molecule has 1 aromatic carbocycles. The van der Waals surface area contributed by atoms with E-state index in [9.17, 15) is 4.39 Å². The van der Waals surface area contributed by atoms with Crippen molar-refractivity contribution in [3.05, 3.63) is 35.7 Å². The average molecular weight is 255 g/mol. The van der Waals surface area contributed by atoms with Crippen molar-refractivity contribution in [2.24, 2.45) is 9.98 Å². The van der Waals surface area contributed by atoms with Crippen LogP contribution >= 0.6 is 11.6 Å². The minimum atomic E-state index is -0.385. The number of benzene rings is 1. The fraction of sp³-hybridized carbons (Fsp3) is 0.167. The highest BCUT2D eigenvalue weighted by Crippen LogP contribution is 2.27. The molecule has 3 nitrogen and oxygen atoms in total. The van der Waals surface area contributed by atoms with E-state index in [4.69, 9.17) is 16.3 Å². The predicted octanol–water partition coefficient (Wildman–Crippen LogP) is 3.14. The summed E-state index contributed by atoms with van der Waals surface area (Å²) in [7, 11) is 3.01. The lowest BCUT2D eigenvalue weighted by Gasteiger charge is -2.08. The van der Waals surface area contributed by atoms with E-state index in [1.165, 1.54) is 25.3 Å². The van der Waals surface area contributed by atoms with Crippen LogP contribution in [0.1, 0.15) is 5.56 Å². The second-order valence-corrected chi connectivity index (χ2v) is 3.47. The van der Waals surface area contributed by atoms with Gasteiger partial charge in [-0.25, -0.2) is 4.39 Å². The van der Waals surface area contributed by atoms with E-state index < -0.39 is 0 Å². The fourth-order valence-corrected chi connectivity index (χ4v) is 1.37. The van der Waals surface area contributed by atoms with Gasteiger partial charge in [-0.2, -0.15) is 0 Å². The van der Waals surface area contributed by atoms with E-state index in [0.717, 1.165) is 0 Å². The quantitative estimate of drug-likeness (QED) is 0.760. The molecule has 17 heavy (non-hydrogen) atoms. The summed E-state index contributed by atoms with van der Waals surface area (Å²) in [5.74, 6) is -0.0199. The van der Waals surface area contributed by atoms with Gasteiger partial charge in [0.2, 0.25) is 0 Å². The molecule has 0 aromatic heterocycles. The second kappa shape index (κ2) is 6.15. The molecule has 0 amide bonds. The molecule has 0 heterocycles. The van der Waals surface area contributed by atoms with Crippen molar-refractivity contribution in [2.75, 3.05) is 14.2 Å². The van der Waals surface area contributed by atoms with Crippen LogP contribution in [0.4, 0.5) is 4.39 Å². The highest BCUT2D eigenvalue weighted by atomic mass is 35.5. The summed E-state index contributed by atoms with van der Waals surface area (Å²) in [5, 5.41) is 0.277. The molecule has 0 saturated heterocycles. The Morgan fingerprint density at radius 2 is 2.24 bits per heavy atom. The van der Waals surface area contributed by atoms with Crippen molar-refractivity contribution in [3.8, 4) is 5.75 Å². The van der Waals surface area contributed by atoms with E-state index in [1.807, 2.05) is 0 Å². The molecule has 0 bridgehead atoms. The standard InChI is InChI=1S/C12H12ClFN2O/c1-15-10(7-12(13)16-2)9-5-4-8(14)6-11(9)17-3/h4-7H,1H2,2-3H3/b10-7-,16-12?. The Kier molecular flexibility index (Phi) is 4.84. The Morgan fingerprint density at radius 1 is 1.53 bits per heavy atom. The molecule has 5 heteroatoms. The molecule has 0 atom stereocenters. The SMILES string of the molecule is C=N/C(=C\C(Cl)=NC)c1ccc(F)cc1OC. The summed E-state index contributed by atoms with van der Waals surface area (Å²) in [6, 6.07) is 4.13. The van der Waals surface area contributed by atoms with Crippen molar-refractivity contribution in [2.45, 2.75) is 0 Å². The van der Waals surface area contributed by atoms with E-state index in [0.29, 0.717) is 17.0 Å². The van der Waals surface area contributed by atoms with E-state index in [1.54, 1.807) is 13.1 Å². The molecule has 0 aliphatic heterocycles. The molecule has 0 radical (unpaired) electrons. The summed E-state index contributed by atoms with van der Waals surface area (Å²) in [6.45, 7) is 3.44. The molecule has 0 saturated carbocycles. The van der Waals surface area contributed by atoms with Gasteiger partial charge in [-0.15, -0.1) is 0 Å². The summed E-state index contributed by atoms with van der Waals surface area (Å²) < 4.78 is 18.1. The van der Waals surface area contributed by atoms with Crippen LogP contribution in [0.3, 0.4) is 0 Å². The van der Waals surface area contributed by atoms with Crippen LogP contribution in [0.5, 0.6) is 5.75 Å². The lowest BCUT2D eigenvalue weighted by atomic mass is 10.1. The van der Waals surface area contributed by atoms with Crippen LogP contribution in [0, 0.1) is 5.82 Å². The zero-order valence-electron chi connectivity index (χ0n) is 9.58. The van der Waals surface area contributed by atoms with Gasteiger partial charge in [0, 0.05) is 24.8 Å². The van der Waals surface area contributed by atoms with Crippen LogP contribution in [-0.2, 0) is 0 Å². The molecular weight excluding hydrogens is 243 g/mol. The van der Waals surface area contributed by atoms with Crippen molar-refractivity contribution in [1.82, 2.24) is 0 Å². The largest absolute Gasteiger partial charge is 0.496 e. The second-order valence-electron chi connectivity index (χ2n) is 3.08. The number of halogens is 2. The number of rotatable bonds is 4. The van der Waals surface area contributed by atoms with E-state index in [2.05, 4.69) is 16.7 Å². The van der Waals surface area contributed by atoms with E-state index >= 15 is 0 Å². The van der Waals surface area contributed by atoms with Crippen LogP contribution in [0.2, 0.25) is 0 Å². The molecule has 90 valence electrons. The molecule has 1 rings (SSSR count). The van der Waals surface area contributed by atoms with Crippen LogP contribution in [0.15, 0.2) is 34.3 Å². The highest BCUT2D eigenvalue weighted by Gasteiger charge is 2.09. The molecule has 1 aromatic rings. The van der Waals surface area contributed by atoms with Crippen molar-refractivity contribution >= 4 is 29.2 Å². The van der Waals surface area contributed by atoms with Gasteiger partial charge in [0.25, 0.3) is 0 Å². The minimum absolute atomic E-state index is 0.277. The lowest BCUT2D eigenvalue weighted by Crippen LogP contribution is -1.93. The Hall–Kier alpha value is -1.68. The van der Waals surface area contributed by atoms with E-state index in [-0.39, 0.29) is 11.0 Å². The maximum atomic E-state index is 13.0. The van der Waals surface area contributed by atoms with Crippen LogP contribution in [-0.4, -0.2) is 26.0 Å². The maximum Gasteiger partial charge on any atom is 0.131 e. The van der Waals surface area contributed by atoms with Gasteiger partial charge in [-0.05, 0) is 18.9 Å². The first-order valence-corrected chi connectivity index (χ1v) is 5.14. The third-order valence-electron chi connectivity index (χ3n) is 2.08. The van der Waals surface area contributed by atoms with Crippen molar-refractivity contribution in [3.63, 3.8) is 0 Å². The summed E-state index contributed by atoms with van der Waals surface area (Å²) in [6.07, 6.45) is 1.53. The van der Waals surface area contributed by atoms with Crippen LogP contribution < -0.4 is 4.74 Å². The summed E-state index contributed by atoms with van der Waals surface area (Å²) in [5.41, 5.74) is 1.07. The molecular formula is C12H12ClFN2O. The normalized spacial score (nSPS) is 12.5. The Bertz CT molecular complexity index is 483. The van der Waals surface area contributed by atoms with Gasteiger partial charge in [0.1, 0.15) is 16.7 Å². The van der Waals surface area contributed by atoms with Crippen molar-refractivity contribution < 1.29 is 9.13 Å². The number of allylic oxidation sites excluding steroid dienone is 1. The van der Waals surface area contributed by atoms with Gasteiger partial charge in [0.15, 0.2) is 0 Å². The first-order chi connectivity index (χ1) is 8.12. The molecule has 0 spiro atoms. The molecule has 0 aliphatic carbocycles. The zero-order chi connectivity index (χ0) is 12.8. The fourth-order valence-electron chi connectivity index (χ4n) is 1.26. The Morgan fingerprint density at radius 3 is 2.76 bits per heavy atom. The molecule has 0 N–H and O–H groups in total. The number of nitrogens with zero attached hydrogens (tertiary/aromatic N) is 2. The first kappa shape index (κ1) is 13.4. The number of aliphatic imine (C=N–C) groups is 2. The zero-order valence-corrected chi connectivity index (χ0v) is 10.3. The number of hydrogen-bond acceptors (Lipinski definition) is 3. The van der Waals surface area contributed by atoms with Gasteiger partial charge in [0.05, 0.1) is 12.8 Å². The smallest absolute Gasteiger partial charge is 0.131 e.